The molecule has 3 aromatic heterocycles. The molecule has 0 radical (unpaired) electrons. The molecule has 0 aromatic carbocycles. The zero-order chi connectivity index (χ0) is 16.1. The first-order valence-corrected chi connectivity index (χ1v) is 8.13. The molecule has 7 heteroatoms. The number of hydrogen-bond acceptors (Lipinski definition) is 6. The van der Waals surface area contributed by atoms with Gasteiger partial charge in [0.15, 0.2) is 11.0 Å². The smallest absolute Gasteiger partial charge is 0.193 e. The molecule has 3 rings (SSSR count). The third-order valence-electron chi connectivity index (χ3n) is 3.27. The highest BCUT2D eigenvalue weighted by Crippen LogP contribution is 2.28. The molecule has 0 spiro atoms. The van der Waals surface area contributed by atoms with Crippen LogP contribution in [0.2, 0.25) is 0 Å². The highest BCUT2D eigenvalue weighted by Gasteiger charge is 2.19. The minimum Gasteiger partial charge on any atom is -0.467 e. The SMILES string of the molecule is CC[C@H](C#N)Sc1nnc(-c2ccccn2)n1Cc1ccco1. The summed E-state index contributed by atoms with van der Waals surface area (Å²) >= 11 is 1.41. The van der Waals surface area contributed by atoms with Crippen LogP contribution in [-0.2, 0) is 6.54 Å². The Hall–Kier alpha value is -2.59. The van der Waals surface area contributed by atoms with Crippen molar-refractivity contribution in [2.24, 2.45) is 0 Å². The Morgan fingerprint density at radius 3 is 2.87 bits per heavy atom. The molecule has 0 aliphatic carbocycles. The summed E-state index contributed by atoms with van der Waals surface area (Å²) in [5, 5.41) is 18.2. The summed E-state index contributed by atoms with van der Waals surface area (Å²) in [6, 6.07) is 11.7. The number of thioether (sulfide) groups is 1. The van der Waals surface area contributed by atoms with Crippen LogP contribution in [-0.4, -0.2) is 25.0 Å². The van der Waals surface area contributed by atoms with E-state index in [0.29, 0.717) is 17.5 Å². The van der Waals surface area contributed by atoms with Crippen LogP contribution in [0.4, 0.5) is 0 Å². The highest BCUT2D eigenvalue weighted by atomic mass is 32.2. The molecule has 0 fully saturated rings. The molecule has 116 valence electrons. The zero-order valence-electron chi connectivity index (χ0n) is 12.6. The lowest BCUT2D eigenvalue weighted by atomic mass is 10.3. The fraction of sp³-hybridized carbons (Fsp3) is 0.250. The van der Waals surface area contributed by atoms with Crippen molar-refractivity contribution < 1.29 is 4.42 Å². The van der Waals surface area contributed by atoms with Crippen molar-refractivity contribution in [3.05, 3.63) is 48.6 Å². The van der Waals surface area contributed by atoms with Gasteiger partial charge in [0, 0.05) is 6.20 Å². The van der Waals surface area contributed by atoms with E-state index in [2.05, 4.69) is 21.3 Å². The molecule has 0 unspecified atom stereocenters. The lowest BCUT2D eigenvalue weighted by molar-refractivity contribution is 0.485. The van der Waals surface area contributed by atoms with Crippen molar-refractivity contribution in [1.82, 2.24) is 19.7 Å². The molecular formula is C16H15N5OS. The quantitative estimate of drug-likeness (QED) is 0.646. The third-order valence-corrected chi connectivity index (χ3v) is 4.50. The number of rotatable bonds is 6. The molecule has 0 N–H and O–H groups in total. The van der Waals surface area contributed by atoms with Crippen LogP contribution in [0.3, 0.4) is 0 Å². The Morgan fingerprint density at radius 1 is 1.30 bits per heavy atom. The van der Waals surface area contributed by atoms with Crippen molar-refractivity contribution >= 4 is 11.8 Å². The van der Waals surface area contributed by atoms with Gasteiger partial charge >= 0.3 is 0 Å². The Labute approximate surface area is 138 Å². The van der Waals surface area contributed by atoms with Crippen LogP contribution in [0.5, 0.6) is 0 Å². The van der Waals surface area contributed by atoms with Crippen LogP contribution in [0, 0.1) is 11.3 Å². The van der Waals surface area contributed by atoms with E-state index in [9.17, 15) is 5.26 Å². The van der Waals surface area contributed by atoms with Crippen LogP contribution in [0.1, 0.15) is 19.1 Å². The number of nitrogens with zero attached hydrogens (tertiary/aromatic N) is 5. The first kappa shape index (κ1) is 15.3. The van der Waals surface area contributed by atoms with Crippen molar-refractivity contribution in [1.29, 1.82) is 5.26 Å². The third kappa shape index (κ3) is 3.43. The number of pyridine rings is 1. The molecule has 6 nitrogen and oxygen atoms in total. The number of hydrogen-bond donors (Lipinski definition) is 0. The maximum Gasteiger partial charge on any atom is 0.193 e. The van der Waals surface area contributed by atoms with Crippen LogP contribution in [0.25, 0.3) is 11.5 Å². The standard InChI is InChI=1S/C16H15N5OS/c1-2-13(10-17)23-16-20-19-15(14-7-3-4-8-18-14)21(16)11-12-6-5-9-22-12/h3-9,13H,2,11H2,1H3/t13-/m1/s1. The lowest BCUT2D eigenvalue weighted by Gasteiger charge is -2.09. The van der Waals surface area contributed by atoms with Gasteiger partial charge in [0.2, 0.25) is 0 Å². The predicted octanol–water partition coefficient (Wildman–Crippen LogP) is 3.38. The molecule has 0 aliphatic rings. The predicted molar refractivity (Wildman–Crippen MR) is 86.6 cm³/mol. The molecule has 0 bridgehead atoms. The second-order valence-corrected chi connectivity index (χ2v) is 6.00. The molecule has 3 heterocycles. The maximum atomic E-state index is 9.20. The van der Waals surface area contributed by atoms with Crippen molar-refractivity contribution in [3.8, 4) is 17.6 Å². The Bertz CT molecular complexity index is 792. The fourth-order valence-corrected chi connectivity index (χ4v) is 2.93. The zero-order valence-corrected chi connectivity index (χ0v) is 13.4. The first-order chi connectivity index (χ1) is 11.3. The van der Waals surface area contributed by atoms with Gasteiger partial charge in [0.1, 0.15) is 11.5 Å². The topological polar surface area (TPSA) is 80.5 Å². The Morgan fingerprint density at radius 2 is 2.22 bits per heavy atom. The van der Waals surface area contributed by atoms with E-state index < -0.39 is 0 Å². The van der Waals surface area contributed by atoms with E-state index in [1.54, 1.807) is 12.5 Å². The van der Waals surface area contributed by atoms with E-state index in [-0.39, 0.29) is 5.25 Å². The normalized spacial score (nSPS) is 12.0. The van der Waals surface area contributed by atoms with Gasteiger partial charge in [-0.25, -0.2) is 0 Å². The minimum atomic E-state index is -0.161. The van der Waals surface area contributed by atoms with Crippen molar-refractivity contribution in [2.45, 2.75) is 30.3 Å². The summed E-state index contributed by atoms with van der Waals surface area (Å²) in [7, 11) is 0. The highest BCUT2D eigenvalue weighted by molar-refractivity contribution is 8.00. The molecule has 3 aromatic rings. The number of nitriles is 1. The number of furan rings is 1. The maximum absolute atomic E-state index is 9.20. The second kappa shape index (κ2) is 7.11. The molecular weight excluding hydrogens is 310 g/mol. The van der Waals surface area contributed by atoms with Gasteiger partial charge in [-0.15, -0.1) is 10.2 Å². The number of aromatic nitrogens is 4. The average molecular weight is 325 g/mol. The Kier molecular flexibility index (Phi) is 4.74. The van der Waals surface area contributed by atoms with E-state index in [4.69, 9.17) is 4.42 Å². The lowest BCUT2D eigenvalue weighted by Crippen LogP contribution is -2.06. The summed E-state index contributed by atoms with van der Waals surface area (Å²) in [6.07, 6.45) is 4.10. The van der Waals surface area contributed by atoms with E-state index in [0.717, 1.165) is 17.9 Å². The molecule has 23 heavy (non-hydrogen) atoms. The summed E-state index contributed by atoms with van der Waals surface area (Å²) in [6.45, 7) is 2.48. The fourth-order valence-electron chi connectivity index (χ4n) is 2.09. The molecule has 0 saturated carbocycles. The van der Waals surface area contributed by atoms with Crippen LogP contribution in [0.15, 0.2) is 52.4 Å². The summed E-state index contributed by atoms with van der Waals surface area (Å²) in [5.74, 6) is 1.46. The molecule has 0 saturated heterocycles. The largest absolute Gasteiger partial charge is 0.467 e. The summed E-state index contributed by atoms with van der Waals surface area (Å²) in [5.41, 5.74) is 0.739. The van der Waals surface area contributed by atoms with E-state index in [1.807, 2.05) is 41.8 Å². The van der Waals surface area contributed by atoms with Crippen LogP contribution < -0.4 is 0 Å². The van der Waals surface area contributed by atoms with E-state index in [1.165, 1.54) is 11.8 Å². The monoisotopic (exact) mass is 325 g/mol. The van der Waals surface area contributed by atoms with Gasteiger partial charge in [0.25, 0.3) is 0 Å². The van der Waals surface area contributed by atoms with Gasteiger partial charge in [0.05, 0.1) is 24.1 Å². The Balaban J connectivity index is 1.99. The summed E-state index contributed by atoms with van der Waals surface area (Å²) < 4.78 is 7.38. The second-order valence-electron chi connectivity index (χ2n) is 4.83. The minimum absolute atomic E-state index is 0.161. The van der Waals surface area contributed by atoms with E-state index >= 15 is 0 Å². The van der Waals surface area contributed by atoms with Gasteiger partial charge < -0.3 is 4.42 Å². The molecule has 0 aliphatic heterocycles. The summed E-state index contributed by atoms with van der Waals surface area (Å²) in [4.78, 5) is 4.34. The first-order valence-electron chi connectivity index (χ1n) is 7.25. The van der Waals surface area contributed by atoms with Crippen LogP contribution >= 0.6 is 11.8 Å². The average Bonchev–Trinajstić information content (AvgIpc) is 3.24. The van der Waals surface area contributed by atoms with Gasteiger partial charge in [-0.05, 0) is 30.7 Å². The van der Waals surface area contributed by atoms with Gasteiger partial charge in [-0.1, -0.05) is 24.8 Å². The van der Waals surface area contributed by atoms with Crippen molar-refractivity contribution in [3.63, 3.8) is 0 Å². The van der Waals surface area contributed by atoms with Crippen molar-refractivity contribution in [2.75, 3.05) is 0 Å². The van der Waals surface area contributed by atoms with Gasteiger partial charge in [-0.2, -0.15) is 5.26 Å². The molecule has 1 atom stereocenters. The molecule has 0 amide bonds. The van der Waals surface area contributed by atoms with Gasteiger partial charge in [-0.3, -0.25) is 9.55 Å².